The van der Waals surface area contributed by atoms with E-state index >= 15 is 0 Å². The Labute approximate surface area is 109 Å². The van der Waals surface area contributed by atoms with E-state index in [0.29, 0.717) is 5.75 Å². The fourth-order valence-electron chi connectivity index (χ4n) is 2.01. The van der Waals surface area contributed by atoms with Crippen LogP contribution in [0, 0.1) is 0 Å². The van der Waals surface area contributed by atoms with Gasteiger partial charge in [-0.1, -0.05) is 48.5 Å². The Morgan fingerprint density at radius 2 is 1.61 bits per heavy atom. The van der Waals surface area contributed by atoms with Gasteiger partial charge in [0.25, 0.3) is 0 Å². The normalized spacial score (nSPS) is 10.8. The molecule has 2 nitrogen and oxygen atoms in total. The Hall–Kier alpha value is -1.80. The SMILES string of the molecule is CN(CCc1ccccc1O)Cc1ccccc1. The van der Waals surface area contributed by atoms with E-state index in [2.05, 4.69) is 36.2 Å². The number of benzene rings is 2. The number of aromatic hydroxyl groups is 1. The van der Waals surface area contributed by atoms with Crippen molar-refractivity contribution in [3.8, 4) is 5.75 Å². The number of nitrogens with zero attached hydrogens (tertiary/aromatic N) is 1. The third-order valence-corrected chi connectivity index (χ3v) is 3.05. The molecule has 0 aliphatic heterocycles. The van der Waals surface area contributed by atoms with Crippen LogP contribution in [0.5, 0.6) is 5.75 Å². The predicted octanol–water partition coefficient (Wildman–Crippen LogP) is 3.07. The maximum Gasteiger partial charge on any atom is 0.118 e. The Morgan fingerprint density at radius 3 is 2.33 bits per heavy atom. The average Bonchev–Trinajstić information content (AvgIpc) is 2.39. The number of hydrogen-bond donors (Lipinski definition) is 1. The first-order valence-electron chi connectivity index (χ1n) is 6.25. The Morgan fingerprint density at radius 1 is 0.944 bits per heavy atom. The zero-order chi connectivity index (χ0) is 12.8. The van der Waals surface area contributed by atoms with Crippen molar-refractivity contribution in [1.29, 1.82) is 0 Å². The molecule has 0 amide bonds. The first kappa shape index (κ1) is 12.7. The summed E-state index contributed by atoms with van der Waals surface area (Å²) in [5.41, 5.74) is 2.33. The van der Waals surface area contributed by atoms with Gasteiger partial charge in [0, 0.05) is 13.1 Å². The van der Waals surface area contributed by atoms with E-state index in [4.69, 9.17) is 0 Å². The van der Waals surface area contributed by atoms with Gasteiger partial charge in [-0.25, -0.2) is 0 Å². The van der Waals surface area contributed by atoms with Crippen LogP contribution in [0.2, 0.25) is 0 Å². The Kier molecular flexibility index (Phi) is 4.37. The van der Waals surface area contributed by atoms with Crippen LogP contribution in [0.15, 0.2) is 54.6 Å². The lowest BCUT2D eigenvalue weighted by atomic mass is 10.1. The van der Waals surface area contributed by atoms with Crippen LogP contribution in [0.25, 0.3) is 0 Å². The Bertz CT molecular complexity index is 481. The van der Waals surface area contributed by atoms with Crippen LogP contribution in [0.3, 0.4) is 0 Å². The van der Waals surface area contributed by atoms with Gasteiger partial charge in [0.15, 0.2) is 0 Å². The number of phenolic OH excluding ortho intramolecular Hbond substituents is 1. The van der Waals surface area contributed by atoms with Gasteiger partial charge in [-0.05, 0) is 30.7 Å². The summed E-state index contributed by atoms with van der Waals surface area (Å²) in [5, 5.41) is 9.69. The minimum absolute atomic E-state index is 0.394. The first-order chi connectivity index (χ1) is 8.75. The molecule has 1 N–H and O–H groups in total. The van der Waals surface area contributed by atoms with E-state index in [-0.39, 0.29) is 0 Å². The molecule has 0 saturated heterocycles. The molecule has 0 aliphatic carbocycles. The summed E-state index contributed by atoms with van der Waals surface area (Å²) < 4.78 is 0. The van der Waals surface area contributed by atoms with Crippen LogP contribution < -0.4 is 0 Å². The summed E-state index contributed by atoms with van der Waals surface area (Å²) >= 11 is 0. The van der Waals surface area contributed by atoms with Gasteiger partial charge < -0.3 is 10.0 Å². The zero-order valence-electron chi connectivity index (χ0n) is 10.7. The second kappa shape index (κ2) is 6.22. The largest absolute Gasteiger partial charge is 0.508 e. The van der Waals surface area contributed by atoms with E-state index in [1.165, 1.54) is 5.56 Å². The van der Waals surface area contributed by atoms with Gasteiger partial charge in [-0.3, -0.25) is 0 Å². The summed E-state index contributed by atoms with van der Waals surface area (Å²) in [5.74, 6) is 0.394. The van der Waals surface area contributed by atoms with Crippen LogP contribution in [0.1, 0.15) is 11.1 Å². The zero-order valence-corrected chi connectivity index (χ0v) is 10.7. The van der Waals surface area contributed by atoms with Crippen molar-refractivity contribution in [3.63, 3.8) is 0 Å². The topological polar surface area (TPSA) is 23.5 Å². The highest BCUT2D eigenvalue weighted by molar-refractivity contribution is 5.31. The van der Waals surface area contributed by atoms with Crippen LogP contribution in [-0.4, -0.2) is 23.6 Å². The number of hydrogen-bond acceptors (Lipinski definition) is 2. The smallest absolute Gasteiger partial charge is 0.118 e. The van der Waals surface area contributed by atoms with Crippen LogP contribution in [0.4, 0.5) is 0 Å². The molecule has 94 valence electrons. The van der Waals surface area contributed by atoms with E-state index < -0.39 is 0 Å². The second-order valence-electron chi connectivity index (χ2n) is 4.60. The minimum atomic E-state index is 0.394. The standard InChI is InChI=1S/C16H19NO/c1-17(13-14-7-3-2-4-8-14)12-11-15-9-5-6-10-16(15)18/h2-10,18H,11-13H2,1H3. The molecular formula is C16H19NO. The van der Waals surface area contributed by atoms with E-state index in [1.807, 2.05) is 24.3 Å². The quantitative estimate of drug-likeness (QED) is 0.869. The molecule has 2 aromatic rings. The highest BCUT2D eigenvalue weighted by Gasteiger charge is 2.03. The fraction of sp³-hybridized carbons (Fsp3) is 0.250. The number of likely N-dealkylation sites (N-methyl/N-ethyl adjacent to an activating group) is 1. The van der Waals surface area contributed by atoms with Crippen molar-refractivity contribution in [3.05, 3.63) is 65.7 Å². The van der Waals surface area contributed by atoms with Crippen molar-refractivity contribution < 1.29 is 5.11 Å². The summed E-state index contributed by atoms with van der Waals surface area (Å²) in [6.07, 6.45) is 0.871. The fourth-order valence-corrected chi connectivity index (χ4v) is 2.01. The van der Waals surface area contributed by atoms with Gasteiger partial charge in [0.05, 0.1) is 0 Å². The molecule has 2 rings (SSSR count). The lowest BCUT2D eigenvalue weighted by Crippen LogP contribution is -2.20. The van der Waals surface area contributed by atoms with Gasteiger partial charge in [0.1, 0.15) is 5.75 Å². The summed E-state index contributed by atoms with van der Waals surface area (Å²) in [4.78, 5) is 2.27. The van der Waals surface area contributed by atoms with Crippen LogP contribution in [-0.2, 0) is 13.0 Å². The Balaban J connectivity index is 1.86. The summed E-state index contributed by atoms with van der Waals surface area (Å²) in [6.45, 7) is 1.88. The van der Waals surface area contributed by atoms with E-state index in [1.54, 1.807) is 6.07 Å². The molecule has 0 unspecified atom stereocenters. The molecule has 18 heavy (non-hydrogen) atoms. The van der Waals surface area contributed by atoms with Gasteiger partial charge >= 0.3 is 0 Å². The van der Waals surface area contributed by atoms with Crippen molar-refractivity contribution in [2.45, 2.75) is 13.0 Å². The predicted molar refractivity (Wildman–Crippen MR) is 74.6 cm³/mol. The monoisotopic (exact) mass is 241 g/mol. The second-order valence-corrected chi connectivity index (χ2v) is 4.60. The van der Waals surface area contributed by atoms with Crippen LogP contribution >= 0.6 is 0 Å². The molecule has 0 fully saturated rings. The van der Waals surface area contributed by atoms with Crippen molar-refractivity contribution >= 4 is 0 Å². The lowest BCUT2D eigenvalue weighted by molar-refractivity contribution is 0.329. The molecule has 0 spiro atoms. The summed E-state index contributed by atoms with van der Waals surface area (Å²) in [7, 11) is 2.10. The maximum absolute atomic E-state index is 9.69. The number of rotatable bonds is 5. The third-order valence-electron chi connectivity index (χ3n) is 3.05. The molecular weight excluding hydrogens is 222 g/mol. The molecule has 0 heterocycles. The first-order valence-corrected chi connectivity index (χ1v) is 6.25. The minimum Gasteiger partial charge on any atom is -0.508 e. The molecule has 2 heteroatoms. The van der Waals surface area contributed by atoms with Crippen molar-refractivity contribution in [1.82, 2.24) is 4.90 Å². The molecule has 0 bridgehead atoms. The summed E-state index contributed by atoms with van der Waals surface area (Å²) in [6, 6.07) is 18.0. The van der Waals surface area contributed by atoms with Crippen molar-refractivity contribution in [2.75, 3.05) is 13.6 Å². The highest BCUT2D eigenvalue weighted by atomic mass is 16.3. The lowest BCUT2D eigenvalue weighted by Gasteiger charge is -2.17. The number of para-hydroxylation sites is 1. The average molecular weight is 241 g/mol. The molecule has 2 aromatic carbocycles. The molecule has 0 radical (unpaired) electrons. The third kappa shape index (κ3) is 3.60. The maximum atomic E-state index is 9.69. The van der Waals surface area contributed by atoms with Gasteiger partial charge in [0.2, 0.25) is 0 Å². The number of phenols is 1. The molecule has 0 aliphatic rings. The van der Waals surface area contributed by atoms with Gasteiger partial charge in [-0.15, -0.1) is 0 Å². The molecule has 0 aromatic heterocycles. The van der Waals surface area contributed by atoms with E-state index in [0.717, 1.165) is 25.1 Å². The van der Waals surface area contributed by atoms with Gasteiger partial charge in [-0.2, -0.15) is 0 Å². The highest BCUT2D eigenvalue weighted by Crippen LogP contribution is 2.16. The van der Waals surface area contributed by atoms with Crippen molar-refractivity contribution in [2.24, 2.45) is 0 Å². The molecule has 0 atom stereocenters. The molecule has 0 saturated carbocycles. The van der Waals surface area contributed by atoms with E-state index in [9.17, 15) is 5.11 Å².